The summed E-state index contributed by atoms with van der Waals surface area (Å²) in [7, 11) is 2.16. The molecule has 0 bridgehead atoms. The van der Waals surface area contributed by atoms with Gasteiger partial charge in [0, 0.05) is 65.4 Å². The summed E-state index contributed by atoms with van der Waals surface area (Å²) in [6.07, 6.45) is 2.83. The van der Waals surface area contributed by atoms with Gasteiger partial charge < -0.3 is 10.2 Å². The van der Waals surface area contributed by atoms with Crippen LogP contribution >= 0.6 is 0 Å². The molecule has 7 nitrogen and oxygen atoms in total. The van der Waals surface area contributed by atoms with E-state index >= 15 is 0 Å². The van der Waals surface area contributed by atoms with Crippen LogP contribution in [0.1, 0.15) is 31.8 Å². The Kier molecular flexibility index (Phi) is 7.36. The van der Waals surface area contributed by atoms with Crippen molar-refractivity contribution in [2.45, 2.75) is 19.3 Å². The first-order valence-corrected chi connectivity index (χ1v) is 11.7. The van der Waals surface area contributed by atoms with Crippen molar-refractivity contribution in [2.24, 2.45) is 5.92 Å². The van der Waals surface area contributed by atoms with E-state index in [1.165, 1.54) is 5.56 Å². The Balaban J connectivity index is 0.00000306. The summed E-state index contributed by atoms with van der Waals surface area (Å²) < 4.78 is 0. The van der Waals surface area contributed by atoms with Crippen LogP contribution in [0.2, 0.25) is 0 Å². The lowest BCUT2D eigenvalue weighted by atomic mass is 9.83. The van der Waals surface area contributed by atoms with Gasteiger partial charge in [-0.3, -0.25) is 19.6 Å². The van der Waals surface area contributed by atoms with Crippen LogP contribution in [0, 0.1) is 17.2 Å². The maximum atomic E-state index is 12.6. The van der Waals surface area contributed by atoms with E-state index in [1.807, 2.05) is 12.1 Å². The van der Waals surface area contributed by atoms with Crippen LogP contribution in [0.3, 0.4) is 0 Å². The molecule has 1 aromatic heterocycles. The minimum absolute atomic E-state index is 0. The number of amides is 1. The van der Waals surface area contributed by atoms with Gasteiger partial charge in [-0.1, -0.05) is 19.1 Å². The SMILES string of the molecule is C[C@@H]1C[C@@H](c2ccc(C#N)c3ncccc23)CN(CC(=O)NCCN2CCN(C)CC2)C1.[HH]. The molecule has 2 aliphatic heterocycles. The Morgan fingerprint density at radius 3 is 2.81 bits per heavy atom. The highest BCUT2D eigenvalue weighted by Crippen LogP contribution is 2.34. The van der Waals surface area contributed by atoms with Gasteiger partial charge in [-0.25, -0.2) is 0 Å². The summed E-state index contributed by atoms with van der Waals surface area (Å²) in [5.74, 6) is 0.948. The maximum Gasteiger partial charge on any atom is 0.234 e. The number of likely N-dealkylation sites (tertiary alicyclic amines) is 1. The van der Waals surface area contributed by atoms with Crippen molar-refractivity contribution < 1.29 is 6.22 Å². The number of carbonyl (C=O) groups excluding carboxylic acids is 1. The molecule has 7 heteroatoms. The number of piperidine rings is 1. The molecule has 2 atom stereocenters. The number of likely N-dealkylation sites (N-methyl/N-ethyl adjacent to an activating group) is 1. The van der Waals surface area contributed by atoms with Gasteiger partial charge in [-0.15, -0.1) is 0 Å². The molecule has 0 unspecified atom stereocenters. The topological polar surface area (TPSA) is 75.5 Å². The van der Waals surface area contributed by atoms with Crippen molar-refractivity contribution in [1.82, 2.24) is 25.0 Å². The summed E-state index contributed by atoms with van der Waals surface area (Å²) >= 11 is 0. The third kappa shape index (κ3) is 5.44. The van der Waals surface area contributed by atoms with Gasteiger partial charge in [0.05, 0.1) is 17.6 Å². The van der Waals surface area contributed by atoms with Gasteiger partial charge in [0.1, 0.15) is 6.07 Å². The van der Waals surface area contributed by atoms with Crippen LogP contribution in [-0.2, 0) is 4.79 Å². The highest BCUT2D eigenvalue weighted by Gasteiger charge is 2.28. The lowest BCUT2D eigenvalue weighted by Crippen LogP contribution is -2.48. The van der Waals surface area contributed by atoms with Crippen LogP contribution in [-0.4, -0.2) is 91.5 Å². The number of nitriles is 1. The first kappa shape index (κ1) is 22.7. The zero-order valence-corrected chi connectivity index (χ0v) is 19.3. The fourth-order valence-electron chi connectivity index (χ4n) is 5.14. The number of hydrogen-bond acceptors (Lipinski definition) is 6. The van der Waals surface area contributed by atoms with E-state index in [0.29, 0.717) is 30.5 Å². The molecule has 1 aromatic carbocycles. The number of benzene rings is 1. The number of nitrogens with one attached hydrogen (secondary N) is 1. The van der Waals surface area contributed by atoms with Crippen LogP contribution in [0.25, 0.3) is 10.9 Å². The second-order valence-corrected chi connectivity index (χ2v) is 9.44. The van der Waals surface area contributed by atoms with E-state index in [9.17, 15) is 10.1 Å². The fraction of sp³-hybridized carbons (Fsp3) is 0.560. The Morgan fingerprint density at radius 2 is 2.03 bits per heavy atom. The average molecular weight is 437 g/mol. The van der Waals surface area contributed by atoms with Gasteiger partial charge in [0.25, 0.3) is 0 Å². The van der Waals surface area contributed by atoms with Crippen LogP contribution in [0.4, 0.5) is 0 Å². The van der Waals surface area contributed by atoms with Gasteiger partial charge >= 0.3 is 0 Å². The standard InChI is InChI=1S/C25H34N6O.H2/c1-19-14-21(22-6-5-20(15-26)25-23(22)4-3-7-28-25)17-31(16-19)18-24(32)27-8-9-30-12-10-29(2)11-13-30;/h3-7,19,21H,8-14,16-18H2,1-2H3,(H,27,32);1H/t19-,21-;/m1./s1. The number of rotatable bonds is 6. The predicted octanol–water partition coefficient (Wildman–Crippen LogP) is 2.14. The lowest BCUT2D eigenvalue weighted by Gasteiger charge is -2.37. The monoisotopic (exact) mass is 436 g/mol. The Morgan fingerprint density at radius 1 is 1.22 bits per heavy atom. The first-order chi connectivity index (χ1) is 15.5. The second kappa shape index (κ2) is 10.4. The van der Waals surface area contributed by atoms with E-state index < -0.39 is 0 Å². The largest absolute Gasteiger partial charge is 0.354 e. The summed E-state index contributed by atoms with van der Waals surface area (Å²) in [4.78, 5) is 24.1. The van der Waals surface area contributed by atoms with E-state index in [2.05, 4.69) is 57.2 Å². The van der Waals surface area contributed by atoms with E-state index in [0.717, 1.165) is 63.1 Å². The zero-order chi connectivity index (χ0) is 22.5. The zero-order valence-electron chi connectivity index (χ0n) is 19.3. The van der Waals surface area contributed by atoms with E-state index in [4.69, 9.17) is 0 Å². The third-order valence-corrected chi connectivity index (χ3v) is 6.81. The molecule has 1 N–H and O–H groups in total. The summed E-state index contributed by atoms with van der Waals surface area (Å²) in [6.45, 7) is 10.5. The smallest absolute Gasteiger partial charge is 0.234 e. The molecule has 0 saturated carbocycles. The molecule has 2 saturated heterocycles. The van der Waals surface area contributed by atoms with Crippen molar-refractivity contribution in [3.8, 4) is 6.07 Å². The highest BCUT2D eigenvalue weighted by atomic mass is 16.2. The van der Waals surface area contributed by atoms with E-state index in [1.54, 1.807) is 6.20 Å². The number of pyridine rings is 1. The molecule has 0 radical (unpaired) electrons. The van der Waals surface area contributed by atoms with Crippen molar-refractivity contribution in [1.29, 1.82) is 5.26 Å². The van der Waals surface area contributed by atoms with Gasteiger partial charge in [0.15, 0.2) is 0 Å². The minimum atomic E-state index is 0. The van der Waals surface area contributed by atoms with Crippen molar-refractivity contribution >= 4 is 16.8 Å². The summed E-state index contributed by atoms with van der Waals surface area (Å²) in [6, 6.07) is 10.2. The van der Waals surface area contributed by atoms with E-state index in [-0.39, 0.29) is 7.33 Å². The number of hydrogen-bond donors (Lipinski definition) is 1. The number of carbonyl (C=O) groups is 1. The van der Waals surface area contributed by atoms with Gasteiger partial charge in [-0.05, 0) is 43.0 Å². The normalized spacial score (nSPS) is 23.2. The molecule has 2 aromatic rings. The second-order valence-electron chi connectivity index (χ2n) is 9.44. The molecular formula is C25H36N6O. The quantitative estimate of drug-likeness (QED) is 0.748. The summed E-state index contributed by atoms with van der Waals surface area (Å²) in [5.41, 5.74) is 2.63. The Labute approximate surface area is 192 Å². The first-order valence-electron chi connectivity index (χ1n) is 11.7. The molecule has 1 amide bonds. The van der Waals surface area contributed by atoms with Crippen molar-refractivity contribution in [3.05, 3.63) is 41.6 Å². The molecule has 3 heterocycles. The fourth-order valence-corrected chi connectivity index (χ4v) is 5.14. The highest BCUT2D eigenvalue weighted by molar-refractivity contribution is 5.87. The predicted molar refractivity (Wildman–Crippen MR) is 128 cm³/mol. The van der Waals surface area contributed by atoms with Gasteiger partial charge in [-0.2, -0.15) is 5.26 Å². The van der Waals surface area contributed by atoms with Crippen molar-refractivity contribution in [2.75, 3.05) is 66.0 Å². The number of aromatic nitrogens is 1. The van der Waals surface area contributed by atoms with Crippen LogP contribution in [0.5, 0.6) is 0 Å². The molecule has 32 heavy (non-hydrogen) atoms. The van der Waals surface area contributed by atoms with Gasteiger partial charge in [0.2, 0.25) is 5.91 Å². The van der Waals surface area contributed by atoms with Crippen LogP contribution in [0.15, 0.2) is 30.5 Å². The molecule has 0 spiro atoms. The lowest BCUT2D eigenvalue weighted by molar-refractivity contribution is -0.122. The molecule has 2 fully saturated rings. The maximum absolute atomic E-state index is 12.6. The molecule has 0 aliphatic carbocycles. The number of piperazine rings is 1. The molecule has 2 aliphatic rings. The number of nitrogens with zero attached hydrogens (tertiary/aromatic N) is 5. The van der Waals surface area contributed by atoms with Crippen LogP contribution < -0.4 is 5.32 Å². The summed E-state index contributed by atoms with van der Waals surface area (Å²) in [5, 5.41) is 13.6. The number of fused-ring (bicyclic) bond motifs is 1. The minimum Gasteiger partial charge on any atom is -0.354 e. The van der Waals surface area contributed by atoms with Crippen molar-refractivity contribution in [3.63, 3.8) is 0 Å². The Hall–Kier alpha value is -2.53. The molecule has 172 valence electrons. The molecular weight excluding hydrogens is 400 g/mol. The average Bonchev–Trinajstić information content (AvgIpc) is 2.79. The third-order valence-electron chi connectivity index (χ3n) is 6.81. The Bertz CT molecular complexity index is 985. The molecule has 4 rings (SSSR count).